The highest BCUT2D eigenvalue weighted by Gasteiger charge is 2.16. The van der Waals surface area contributed by atoms with Gasteiger partial charge in [0.2, 0.25) is 0 Å². The summed E-state index contributed by atoms with van der Waals surface area (Å²) in [6.07, 6.45) is 4.64. The summed E-state index contributed by atoms with van der Waals surface area (Å²) in [6.45, 7) is 0.980. The first-order valence-electron chi connectivity index (χ1n) is 5.99. The number of pyridine rings is 1. The number of rotatable bonds is 1. The van der Waals surface area contributed by atoms with Crippen LogP contribution in [0.3, 0.4) is 0 Å². The summed E-state index contributed by atoms with van der Waals surface area (Å²) in [5.74, 6) is 2.43. The molecule has 0 amide bonds. The van der Waals surface area contributed by atoms with E-state index in [2.05, 4.69) is 19.7 Å². The van der Waals surface area contributed by atoms with E-state index in [-0.39, 0.29) is 0 Å². The fraction of sp³-hybridized carbons (Fsp3) is 0.417. The number of nitrogens with zero attached hydrogens (tertiary/aromatic N) is 4. The first-order valence-corrected chi connectivity index (χ1v) is 5.99. The molecular formula is C12H15N5. The SMILES string of the molecule is Nc1cccc(-c2nnc3n2CCCCC3)n1. The average Bonchev–Trinajstić information content (AvgIpc) is 2.59. The molecular weight excluding hydrogens is 214 g/mol. The number of aryl methyl sites for hydroxylation is 1. The normalized spacial score (nSPS) is 15.3. The molecule has 0 spiro atoms. The lowest BCUT2D eigenvalue weighted by molar-refractivity contribution is 0.636. The van der Waals surface area contributed by atoms with Gasteiger partial charge in [0.15, 0.2) is 5.82 Å². The minimum atomic E-state index is 0.522. The Balaban J connectivity index is 2.06. The molecule has 0 bridgehead atoms. The summed E-state index contributed by atoms with van der Waals surface area (Å²) >= 11 is 0. The van der Waals surface area contributed by atoms with Crippen LogP contribution in [-0.2, 0) is 13.0 Å². The van der Waals surface area contributed by atoms with E-state index >= 15 is 0 Å². The van der Waals surface area contributed by atoms with E-state index in [1.165, 1.54) is 19.3 Å². The van der Waals surface area contributed by atoms with E-state index < -0.39 is 0 Å². The Bertz CT molecular complexity index is 531. The smallest absolute Gasteiger partial charge is 0.182 e. The van der Waals surface area contributed by atoms with Gasteiger partial charge in [-0.15, -0.1) is 10.2 Å². The van der Waals surface area contributed by atoms with E-state index in [9.17, 15) is 0 Å². The lowest BCUT2D eigenvalue weighted by Crippen LogP contribution is -2.04. The van der Waals surface area contributed by atoms with Gasteiger partial charge in [-0.05, 0) is 25.0 Å². The third-order valence-corrected chi connectivity index (χ3v) is 3.11. The van der Waals surface area contributed by atoms with E-state index in [1.54, 1.807) is 6.07 Å². The molecule has 3 heterocycles. The van der Waals surface area contributed by atoms with Crippen LogP contribution in [0.2, 0.25) is 0 Å². The molecule has 0 aromatic carbocycles. The van der Waals surface area contributed by atoms with Crippen molar-refractivity contribution in [1.82, 2.24) is 19.7 Å². The van der Waals surface area contributed by atoms with Crippen molar-refractivity contribution >= 4 is 5.82 Å². The number of anilines is 1. The van der Waals surface area contributed by atoms with Crippen molar-refractivity contribution in [2.45, 2.75) is 32.2 Å². The standard InChI is InChI=1S/C12H15N5/c13-10-6-4-5-9(14-10)12-16-15-11-7-2-1-3-8-17(11)12/h4-6H,1-3,7-8H2,(H2,13,14). The number of nitrogen functional groups attached to an aromatic ring is 1. The van der Waals surface area contributed by atoms with Gasteiger partial charge in [-0.25, -0.2) is 4.98 Å². The van der Waals surface area contributed by atoms with Gasteiger partial charge in [-0.1, -0.05) is 12.5 Å². The number of hydrogen-bond acceptors (Lipinski definition) is 4. The van der Waals surface area contributed by atoms with Crippen molar-refractivity contribution in [3.05, 3.63) is 24.0 Å². The van der Waals surface area contributed by atoms with Crippen LogP contribution in [-0.4, -0.2) is 19.7 Å². The first-order chi connectivity index (χ1) is 8.34. The summed E-state index contributed by atoms with van der Waals surface area (Å²) in [5.41, 5.74) is 6.51. The van der Waals surface area contributed by atoms with E-state index in [4.69, 9.17) is 5.73 Å². The fourth-order valence-electron chi connectivity index (χ4n) is 2.25. The monoisotopic (exact) mass is 229 g/mol. The maximum Gasteiger partial charge on any atom is 0.182 e. The van der Waals surface area contributed by atoms with Crippen LogP contribution < -0.4 is 5.73 Å². The second kappa shape index (κ2) is 4.16. The lowest BCUT2D eigenvalue weighted by atomic mass is 10.2. The van der Waals surface area contributed by atoms with Crippen LogP contribution in [0.5, 0.6) is 0 Å². The Labute approximate surface area is 99.7 Å². The topological polar surface area (TPSA) is 69.6 Å². The zero-order valence-electron chi connectivity index (χ0n) is 9.63. The van der Waals surface area contributed by atoms with Crippen molar-refractivity contribution < 1.29 is 0 Å². The Morgan fingerprint density at radius 1 is 1.12 bits per heavy atom. The third kappa shape index (κ3) is 1.88. The first kappa shape index (κ1) is 10.3. The van der Waals surface area contributed by atoms with Gasteiger partial charge in [-0.2, -0.15) is 0 Å². The van der Waals surface area contributed by atoms with Gasteiger partial charge in [0, 0.05) is 13.0 Å². The predicted molar refractivity (Wildman–Crippen MR) is 65.2 cm³/mol. The lowest BCUT2D eigenvalue weighted by Gasteiger charge is -2.06. The highest BCUT2D eigenvalue weighted by Crippen LogP contribution is 2.21. The molecule has 17 heavy (non-hydrogen) atoms. The number of nitrogens with two attached hydrogens (primary N) is 1. The van der Waals surface area contributed by atoms with Crippen LogP contribution in [0.25, 0.3) is 11.5 Å². The molecule has 2 aromatic rings. The summed E-state index contributed by atoms with van der Waals surface area (Å²) < 4.78 is 2.18. The molecule has 5 nitrogen and oxygen atoms in total. The molecule has 2 N–H and O–H groups in total. The van der Waals surface area contributed by atoms with E-state index in [0.29, 0.717) is 5.82 Å². The maximum atomic E-state index is 5.70. The van der Waals surface area contributed by atoms with Gasteiger partial charge < -0.3 is 10.3 Å². The molecule has 0 radical (unpaired) electrons. The summed E-state index contributed by atoms with van der Waals surface area (Å²) in [5, 5.41) is 8.50. The second-order valence-corrected chi connectivity index (χ2v) is 4.35. The zero-order chi connectivity index (χ0) is 11.7. The minimum Gasteiger partial charge on any atom is -0.384 e. The van der Waals surface area contributed by atoms with E-state index in [0.717, 1.165) is 30.3 Å². The number of fused-ring (bicyclic) bond motifs is 1. The number of aromatic nitrogens is 4. The van der Waals surface area contributed by atoms with Crippen molar-refractivity contribution in [3.63, 3.8) is 0 Å². The molecule has 1 aliphatic heterocycles. The average molecular weight is 229 g/mol. The molecule has 0 atom stereocenters. The number of hydrogen-bond donors (Lipinski definition) is 1. The van der Waals surface area contributed by atoms with Gasteiger partial charge >= 0.3 is 0 Å². The molecule has 2 aromatic heterocycles. The van der Waals surface area contributed by atoms with Crippen molar-refractivity contribution in [1.29, 1.82) is 0 Å². The van der Waals surface area contributed by atoms with Crippen LogP contribution >= 0.6 is 0 Å². The van der Waals surface area contributed by atoms with Gasteiger partial charge in [-0.3, -0.25) is 0 Å². The molecule has 0 saturated carbocycles. The summed E-state index contributed by atoms with van der Waals surface area (Å²) in [7, 11) is 0. The predicted octanol–water partition coefficient (Wildman–Crippen LogP) is 1.65. The Hall–Kier alpha value is -1.91. The Kier molecular flexibility index (Phi) is 2.51. The maximum absolute atomic E-state index is 5.70. The highest BCUT2D eigenvalue weighted by atomic mass is 15.3. The Morgan fingerprint density at radius 2 is 2.06 bits per heavy atom. The van der Waals surface area contributed by atoms with Crippen LogP contribution in [0, 0.1) is 0 Å². The molecule has 0 aliphatic carbocycles. The Morgan fingerprint density at radius 3 is 2.94 bits per heavy atom. The summed E-state index contributed by atoms with van der Waals surface area (Å²) in [6, 6.07) is 5.61. The molecule has 5 heteroatoms. The zero-order valence-corrected chi connectivity index (χ0v) is 9.63. The van der Waals surface area contributed by atoms with Crippen LogP contribution in [0.15, 0.2) is 18.2 Å². The minimum absolute atomic E-state index is 0.522. The van der Waals surface area contributed by atoms with Crippen molar-refractivity contribution in [3.8, 4) is 11.5 Å². The molecule has 3 rings (SSSR count). The largest absolute Gasteiger partial charge is 0.384 e. The molecule has 0 unspecified atom stereocenters. The second-order valence-electron chi connectivity index (χ2n) is 4.35. The van der Waals surface area contributed by atoms with Gasteiger partial charge in [0.1, 0.15) is 17.3 Å². The van der Waals surface area contributed by atoms with Crippen LogP contribution in [0.1, 0.15) is 25.1 Å². The van der Waals surface area contributed by atoms with Crippen molar-refractivity contribution in [2.75, 3.05) is 5.73 Å². The van der Waals surface area contributed by atoms with E-state index in [1.807, 2.05) is 12.1 Å². The fourth-order valence-corrected chi connectivity index (χ4v) is 2.25. The molecule has 0 fully saturated rings. The third-order valence-electron chi connectivity index (χ3n) is 3.11. The molecule has 88 valence electrons. The van der Waals surface area contributed by atoms with Crippen molar-refractivity contribution in [2.24, 2.45) is 0 Å². The summed E-state index contributed by atoms with van der Waals surface area (Å²) in [4.78, 5) is 4.31. The quantitative estimate of drug-likeness (QED) is 0.807. The van der Waals surface area contributed by atoms with Gasteiger partial charge in [0.05, 0.1) is 0 Å². The highest BCUT2D eigenvalue weighted by molar-refractivity contribution is 5.52. The molecule has 0 saturated heterocycles. The van der Waals surface area contributed by atoms with Gasteiger partial charge in [0.25, 0.3) is 0 Å². The van der Waals surface area contributed by atoms with Crippen LogP contribution in [0.4, 0.5) is 5.82 Å². The molecule has 1 aliphatic rings.